The van der Waals surface area contributed by atoms with Gasteiger partial charge in [-0.25, -0.2) is 0 Å². The van der Waals surface area contributed by atoms with Gasteiger partial charge in [0, 0.05) is 55.5 Å². The van der Waals surface area contributed by atoms with E-state index in [0.29, 0.717) is 26.1 Å². The molecule has 0 aromatic heterocycles. The lowest BCUT2D eigenvalue weighted by atomic mass is 10.1. The third-order valence-electron chi connectivity index (χ3n) is 6.04. The molecule has 2 aliphatic heterocycles. The van der Waals surface area contributed by atoms with Crippen molar-refractivity contribution in [2.24, 2.45) is 5.92 Å². The second-order valence-corrected chi connectivity index (χ2v) is 8.40. The fraction of sp³-hybridized carbons (Fsp3) is 0.391. The predicted molar refractivity (Wildman–Crippen MR) is 117 cm³/mol. The molecule has 0 saturated carbocycles. The first-order chi connectivity index (χ1) is 13.9. The van der Waals surface area contributed by atoms with Crippen LogP contribution in [-0.2, 0) is 9.59 Å². The number of halogens is 1. The Hall–Kier alpha value is -2.53. The number of hydrogen-bond donors (Lipinski definition) is 0. The Morgan fingerprint density at radius 3 is 2.41 bits per heavy atom. The standard InChI is InChI=1S/C23H26ClN3O2/c1-16-6-7-21(12-17(16)2)27-15-18(13-22(27)28)23(29)26-10-8-25(9-11-26)20-5-3-4-19(24)14-20/h3-7,12,14,18H,8-11,13,15H2,1-2H3/t18-/m0/s1. The molecule has 152 valence electrons. The molecule has 0 spiro atoms. The van der Waals surface area contributed by atoms with Gasteiger partial charge in [0.1, 0.15) is 0 Å². The van der Waals surface area contributed by atoms with Crippen LogP contribution in [0.4, 0.5) is 11.4 Å². The average Bonchev–Trinajstić information content (AvgIpc) is 3.11. The molecule has 2 fully saturated rings. The van der Waals surface area contributed by atoms with Gasteiger partial charge in [0.25, 0.3) is 0 Å². The summed E-state index contributed by atoms with van der Waals surface area (Å²) in [6.07, 6.45) is 0.292. The van der Waals surface area contributed by atoms with Crippen molar-refractivity contribution in [1.82, 2.24) is 4.90 Å². The summed E-state index contributed by atoms with van der Waals surface area (Å²) in [7, 11) is 0. The second-order valence-electron chi connectivity index (χ2n) is 7.97. The minimum atomic E-state index is -0.262. The number of hydrogen-bond acceptors (Lipinski definition) is 3. The van der Waals surface area contributed by atoms with Crippen molar-refractivity contribution in [2.75, 3.05) is 42.5 Å². The van der Waals surface area contributed by atoms with E-state index >= 15 is 0 Å². The Morgan fingerprint density at radius 2 is 1.72 bits per heavy atom. The molecule has 29 heavy (non-hydrogen) atoms. The van der Waals surface area contributed by atoms with E-state index in [-0.39, 0.29) is 17.7 Å². The average molecular weight is 412 g/mol. The molecule has 6 heteroatoms. The van der Waals surface area contributed by atoms with E-state index in [0.717, 1.165) is 35.1 Å². The van der Waals surface area contributed by atoms with Gasteiger partial charge in [-0.05, 0) is 55.3 Å². The van der Waals surface area contributed by atoms with Gasteiger partial charge in [-0.1, -0.05) is 23.7 Å². The van der Waals surface area contributed by atoms with Crippen molar-refractivity contribution >= 4 is 34.8 Å². The summed E-state index contributed by atoms with van der Waals surface area (Å²) in [6, 6.07) is 13.8. The summed E-state index contributed by atoms with van der Waals surface area (Å²) >= 11 is 6.10. The monoisotopic (exact) mass is 411 g/mol. The van der Waals surface area contributed by atoms with Crippen molar-refractivity contribution in [3.8, 4) is 0 Å². The molecule has 2 heterocycles. The first-order valence-corrected chi connectivity index (χ1v) is 10.5. The van der Waals surface area contributed by atoms with Crippen molar-refractivity contribution in [3.63, 3.8) is 0 Å². The largest absolute Gasteiger partial charge is 0.368 e. The number of carbonyl (C=O) groups excluding carboxylic acids is 2. The summed E-state index contributed by atoms with van der Waals surface area (Å²) in [6.45, 7) is 7.44. The summed E-state index contributed by atoms with van der Waals surface area (Å²) in [5.74, 6) is -0.138. The Labute approximate surface area is 176 Å². The van der Waals surface area contributed by atoms with Crippen LogP contribution in [0, 0.1) is 19.8 Å². The van der Waals surface area contributed by atoms with Crippen LogP contribution in [0.25, 0.3) is 0 Å². The number of aryl methyl sites for hydroxylation is 2. The van der Waals surface area contributed by atoms with Crippen LogP contribution in [0.5, 0.6) is 0 Å². The number of anilines is 2. The maximum absolute atomic E-state index is 13.0. The first-order valence-electron chi connectivity index (χ1n) is 10.1. The summed E-state index contributed by atoms with van der Waals surface area (Å²) < 4.78 is 0. The highest BCUT2D eigenvalue weighted by Gasteiger charge is 2.38. The Balaban J connectivity index is 1.38. The molecule has 2 aromatic carbocycles. The zero-order valence-electron chi connectivity index (χ0n) is 16.9. The Morgan fingerprint density at radius 1 is 0.966 bits per heavy atom. The fourth-order valence-electron chi connectivity index (χ4n) is 4.13. The van der Waals surface area contributed by atoms with Gasteiger partial charge in [-0.15, -0.1) is 0 Å². The third-order valence-corrected chi connectivity index (χ3v) is 6.28. The molecule has 0 N–H and O–H groups in total. The quantitative estimate of drug-likeness (QED) is 0.774. The zero-order valence-corrected chi connectivity index (χ0v) is 17.7. The Bertz CT molecular complexity index is 937. The topological polar surface area (TPSA) is 43.9 Å². The maximum Gasteiger partial charge on any atom is 0.228 e. The number of piperazine rings is 1. The van der Waals surface area contributed by atoms with Gasteiger partial charge in [-0.3, -0.25) is 9.59 Å². The molecule has 0 aliphatic carbocycles. The van der Waals surface area contributed by atoms with E-state index in [2.05, 4.69) is 11.8 Å². The van der Waals surface area contributed by atoms with Crippen molar-refractivity contribution in [2.45, 2.75) is 20.3 Å². The summed E-state index contributed by atoms with van der Waals surface area (Å²) in [5.41, 5.74) is 4.33. The van der Waals surface area contributed by atoms with Crippen molar-refractivity contribution in [1.29, 1.82) is 0 Å². The molecule has 5 nitrogen and oxygen atoms in total. The molecule has 2 amide bonds. The van der Waals surface area contributed by atoms with E-state index < -0.39 is 0 Å². The number of amides is 2. The van der Waals surface area contributed by atoms with E-state index in [1.54, 1.807) is 4.90 Å². The molecule has 0 unspecified atom stereocenters. The van der Waals surface area contributed by atoms with Crippen LogP contribution in [0.3, 0.4) is 0 Å². The normalized spacial score (nSPS) is 19.8. The molecule has 2 aliphatic rings. The highest BCUT2D eigenvalue weighted by molar-refractivity contribution is 6.30. The maximum atomic E-state index is 13.0. The van der Waals surface area contributed by atoms with Gasteiger partial charge >= 0.3 is 0 Å². The van der Waals surface area contributed by atoms with Crippen LogP contribution >= 0.6 is 11.6 Å². The van der Waals surface area contributed by atoms with Gasteiger partial charge in [0.05, 0.1) is 5.92 Å². The van der Waals surface area contributed by atoms with Crippen LogP contribution < -0.4 is 9.80 Å². The van der Waals surface area contributed by atoms with E-state index in [4.69, 9.17) is 11.6 Å². The first kappa shape index (κ1) is 19.8. The van der Waals surface area contributed by atoms with Gasteiger partial charge in [-0.2, -0.15) is 0 Å². The van der Waals surface area contributed by atoms with Gasteiger partial charge in [0.2, 0.25) is 11.8 Å². The minimum Gasteiger partial charge on any atom is -0.368 e. The summed E-state index contributed by atoms with van der Waals surface area (Å²) in [5, 5.41) is 0.719. The van der Waals surface area contributed by atoms with E-state index in [1.165, 1.54) is 5.56 Å². The Kier molecular flexibility index (Phi) is 5.50. The molecule has 2 aromatic rings. The fourth-order valence-corrected chi connectivity index (χ4v) is 4.32. The van der Waals surface area contributed by atoms with E-state index in [9.17, 15) is 9.59 Å². The number of carbonyl (C=O) groups is 2. The van der Waals surface area contributed by atoms with Crippen LogP contribution in [0.2, 0.25) is 5.02 Å². The van der Waals surface area contributed by atoms with Gasteiger partial charge < -0.3 is 14.7 Å². The lowest BCUT2D eigenvalue weighted by Crippen LogP contribution is -2.50. The minimum absolute atomic E-state index is 0.0316. The molecule has 0 radical (unpaired) electrons. The molecule has 2 saturated heterocycles. The van der Waals surface area contributed by atoms with Crippen molar-refractivity contribution in [3.05, 3.63) is 58.6 Å². The second kappa shape index (κ2) is 8.07. The highest BCUT2D eigenvalue weighted by atomic mass is 35.5. The molecule has 0 bridgehead atoms. The number of benzene rings is 2. The molecular weight excluding hydrogens is 386 g/mol. The van der Waals surface area contributed by atoms with Crippen LogP contribution in [-0.4, -0.2) is 49.4 Å². The lowest BCUT2D eigenvalue weighted by Gasteiger charge is -2.37. The molecular formula is C23H26ClN3O2. The van der Waals surface area contributed by atoms with Gasteiger partial charge in [0.15, 0.2) is 0 Å². The third kappa shape index (κ3) is 4.10. The number of rotatable bonds is 3. The van der Waals surface area contributed by atoms with Crippen LogP contribution in [0.15, 0.2) is 42.5 Å². The summed E-state index contributed by atoms with van der Waals surface area (Å²) in [4.78, 5) is 31.5. The SMILES string of the molecule is Cc1ccc(N2C[C@@H](C(=O)N3CCN(c4cccc(Cl)c4)CC3)CC2=O)cc1C. The number of nitrogens with zero attached hydrogens (tertiary/aromatic N) is 3. The smallest absolute Gasteiger partial charge is 0.228 e. The molecule has 4 rings (SSSR count). The highest BCUT2D eigenvalue weighted by Crippen LogP contribution is 2.28. The zero-order chi connectivity index (χ0) is 20.5. The van der Waals surface area contributed by atoms with Crippen LogP contribution in [0.1, 0.15) is 17.5 Å². The van der Waals surface area contributed by atoms with Crippen molar-refractivity contribution < 1.29 is 9.59 Å². The predicted octanol–water partition coefficient (Wildman–Crippen LogP) is 3.66. The lowest BCUT2D eigenvalue weighted by molar-refractivity contribution is -0.136. The van der Waals surface area contributed by atoms with E-state index in [1.807, 2.05) is 54.3 Å². The molecule has 1 atom stereocenters.